The number of hydrogen-bond donors (Lipinski definition) is 2. The molecule has 0 unspecified atom stereocenters. The summed E-state index contributed by atoms with van der Waals surface area (Å²) in [5.74, 6) is 1.36. The molecule has 34 heavy (non-hydrogen) atoms. The first kappa shape index (κ1) is 24.1. The van der Waals surface area contributed by atoms with Crippen LogP contribution in [0.15, 0.2) is 49.2 Å². The highest BCUT2D eigenvalue weighted by Gasteiger charge is 2.26. The molecule has 0 atom stereocenters. The van der Waals surface area contributed by atoms with Crippen LogP contribution in [-0.4, -0.2) is 50.7 Å². The molecule has 11 heteroatoms. The second-order valence-corrected chi connectivity index (χ2v) is 9.38. The lowest BCUT2D eigenvalue weighted by Gasteiger charge is -2.24. The predicted molar refractivity (Wildman–Crippen MR) is 135 cm³/mol. The van der Waals surface area contributed by atoms with Gasteiger partial charge in [-0.2, -0.15) is 11.8 Å². The molecule has 3 aromatic rings. The van der Waals surface area contributed by atoms with E-state index in [9.17, 15) is 9.59 Å². The first-order valence-corrected chi connectivity index (χ1v) is 12.2. The minimum atomic E-state index is -0.518. The highest BCUT2D eigenvalue weighted by atomic mass is 35.5. The van der Waals surface area contributed by atoms with Gasteiger partial charge in [0.05, 0.1) is 16.3 Å². The van der Waals surface area contributed by atoms with E-state index in [4.69, 9.17) is 27.9 Å². The third-order valence-electron chi connectivity index (χ3n) is 4.94. The number of aromatic nitrogens is 3. The number of ether oxygens (including phenoxy) is 1. The van der Waals surface area contributed by atoms with Gasteiger partial charge in [-0.15, -0.1) is 11.7 Å². The SMILES string of the molecule is C=CCNC(=O)c1cc(Cl)cc(C)c1NC(=O)c1cc(OC2CSC2)nn1-c1ncccc1Cl. The van der Waals surface area contributed by atoms with Gasteiger partial charge in [-0.3, -0.25) is 9.59 Å². The van der Waals surface area contributed by atoms with Crippen LogP contribution >= 0.6 is 35.0 Å². The molecular weight excluding hydrogens is 497 g/mol. The van der Waals surface area contributed by atoms with Crippen molar-refractivity contribution < 1.29 is 14.3 Å². The van der Waals surface area contributed by atoms with Crippen molar-refractivity contribution in [2.75, 3.05) is 23.4 Å². The molecule has 176 valence electrons. The Balaban J connectivity index is 1.71. The van der Waals surface area contributed by atoms with E-state index in [0.717, 1.165) is 11.5 Å². The number of pyridine rings is 1. The summed E-state index contributed by atoms with van der Waals surface area (Å²) in [6, 6.07) is 8.03. The second kappa shape index (κ2) is 10.5. The van der Waals surface area contributed by atoms with Crippen molar-refractivity contribution in [2.45, 2.75) is 13.0 Å². The van der Waals surface area contributed by atoms with Crippen molar-refractivity contribution in [1.82, 2.24) is 20.1 Å². The van der Waals surface area contributed by atoms with E-state index in [1.54, 1.807) is 49.2 Å². The molecule has 1 aliphatic rings. The maximum Gasteiger partial charge on any atom is 0.274 e. The van der Waals surface area contributed by atoms with E-state index in [0.29, 0.717) is 21.3 Å². The summed E-state index contributed by atoms with van der Waals surface area (Å²) in [5.41, 5.74) is 1.32. The van der Waals surface area contributed by atoms with Gasteiger partial charge in [0, 0.05) is 35.3 Å². The molecule has 1 saturated heterocycles. The lowest BCUT2D eigenvalue weighted by molar-refractivity contribution is 0.0959. The van der Waals surface area contributed by atoms with E-state index >= 15 is 0 Å². The molecule has 8 nitrogen and oxygen atoms in total. The molecule has 3 heterocycles. The topological polar surface area (TPSA) is 98.1 Å². The summed E-state index contributed by atoms with van der Waals surface area (Å²) in [5, 5.41) is 10.7. The Labute approximate surface area is 210 Å². The standard InChI is InChI=1S/C23H21Cl2N5O3S/c1-3-6-27-22(31)16-9-14(24)8-13(2)20(16)28-23(32)18-10-19(33-15-11-34-12-15)29-30(18)21-17(25)5-4-7-26-21/h3-5,7-10,15H,1,6,11-12H2,2H3,(H,27,31)(H,28,32). The van der Waals surface area contributed by atoms with E-state index in [2.05, 4.69) is 27.3 Å². The first-order chi connectivity index (χ1) is 16.4. The maximum atomic E-state index is 13.4. The number of halogens is 2. The van der Waals surface area contributed by atoms with E-state index in [-0.39, 0.29) is 35.6 Å². The fourth-order valence-electron chi connectivity index (χ4n) is 3.25. The summed E-state index contributed by atoms with van der Waals surface area (Å²) in [6.07, 6.45) is 3.14. The monoisotopic (exact) mass is 517 g/mol. The van der Waals surface area contributed by atoms with E-state index in [1.807, 2.05) is 0 Å². The van der Waals surface area contributed by atoms with Crippen LogP contribution in [0.1, 0.15) is 26.4 Å². The molecule has 1 fully saturated rings. The lowest BCUT2D eigenvalue weighted by Crippen LogP contribution is -2.31. The van der Waals surface area contributed by atoms with Gasteiger partial charge < -0.3 is 15.4 Å². The molecule has 4 rings (SSSR count). The number of carbonyl (C=O) groups excluding carboxylic acids is 2. The number of anilines is 1. The van der Waals surface area contributed by atoms with Crippen LogP contribution in [0.2, 0.25) is 10.0 Å². The summed E-state index contributed by atoms with van der Waals surface area (Å²) in [4.78, 5) is 30.4. The smallest absolute Gasteiger partial charge is 0.274 e. The van der Waals surface area contributed by atoms with Gasteiger partial charge in [-0.25, -0.2) is 9.67 Å². The van der Waals surface area contributed by atoms with Crippen LogP contribution in [0, 0.1) is 6.92 Å². The Kier molecular flexibility index (Phi) is 7.45. The number of carbonyl (C=O) groups is 2. The second-order valence-electron chi connectivity index (χ2n) is 7.46. The third kappa shape index (κ3) is 5.22. The van der Waals surface area contributed by atoms with Crippen molar-refractivity contribution in [1.29, 1.82) is 0 Å². The highest BCUT2D eigenvalue weighted by molar-refractivity contribution is 8.00. The van der Waals surface area contributed by atoms with Crippen LogP contribution in [-0.2, 0) is 0 Å². The minimum Gasteiger partial charge on any atom is -0.472 e. The zero-order valence-corrected chi connectivity index (χ0v) is 20.5. The van der Waals surface area contributed by atoms with Crippen LogP contribution in [0.25, 0.3) is 5.82 Å². The van der Waals surface area contributed by atoms with Crippen LogP contribution < -0.4 is 15.4 Å². The Morgan fingerprint density at radius 2 is 2.09 bits per heavy atom. The number of rotatable bonds is 8. The number of amides is 2. The Bertz CT molecular complexity index is 1260. The Morgan fingerprint density at radius 3 is 2.76 bits per heavy atom. The number of aryl methyl sites for hydroxylation is 1. The van der Waals surface area contributed by atoms with Crippen LogP contribution in [0.4, 0.5) is 5.69 Å². The summed E-state index contributed by atoms with van der Waals surface area (Å²) >= 11 is 14.3. The van der Waals surface area contributed by atoms with Gasteiger partial charge in [0.2, 0.25) is 5.88 Å². The molecule has 0 saturated carbocycles. The van der Waals surface area contributed by atoms with Gasteiger partial charge in [-0.05, 0) is 36.8 Å². The number of nitrogens with zero attached hydrogens (tertiary/aromatic N) is 3. The fourth-order valence-corrected chi connectivity index (χ4v) is 4.29. The molecule has 2 aromatic heterocycles. The predicted octanol–water partition coefficient (Wildman–Crippen LogP) is 4.54. The maximum absolute atomic E-state index is 13.4. The summed E-state index contributed by atoms with van der Waals surface area (Å²) < 4.78 is 7.22. The van der Waals surface area contributed by atoms with E-state index < -0.39 is 11.8 Å². The van der Waals surface area contributed by atoms with Crippen molar-refractivity contribution in [2.24, 2.45) is 0 Å². The summed E-state index contributed by atoms with van der Waals surface area (Å²) in [7, 11) is 0. The quantitative estimate of drug-likeness (QED) is 0.425. The van der Waals surface area contributed by atoms with E-state index in [1.165, 1.54) is 16.8 Å². The first-order valence-electron chi connectivity index (χ1n) is 10.3. The van der Waals surface area contributed by atoms with Gasteiger partial charge in [0.15, 0.2) is 5.82 Å². The number of hydrogen-bond acceptors (Lipinski definition) is 6. The Morgan fingerprint density at radius 1 is 1.29 bits per heavy atom. The van der Waals surface area contributed by atoms with Gasteiger partial charge >= 0.3 is 0 Å². The Hall–Kier alpha value is -3.01. The number of thioether (sulfide) groups is 1. The van der Waals surface area contributed by atoms with Gasteiger partial charge in [0.25, 0.3) is 11.8 Å². The molecular formula is C23H21Cl2N5O3S. The molecule has 1 aliphatic heterocycles. The lowest BCUT2D eigenvalue weighted by atomic mass is 10.1. The normalized spacial score (nSPS) is 13.1. The third-order valence-corrected chi connectivity index (χ3v) is 6.67. The molecule has 0 spiro atoms. The van der Waals surface area contributed by atoms with Crippen molar-refractivity contribution in [3.63, 3.8) is 0 Å². The van der Waals surface area contributed by atoms with Gasteiger partial charge in [0.1, 0.15) is 11.8 Å². The van der Waals surface area contributed by atoms with Crippen molar-refractivity contribution >= 4 is 52.5 Å². The molecule has 0 bridgehead atoms. The zero-order chi connectivity index (χ0) is 24.2. The molecule has 2 N–H and O–H groups in total. The average molecular weight is 518 g/mol. The van der Waals surface area contributed by atoms with Crippen molar-refractivity contribution in [3.8, 4) is 11.7 Å². The average Bonchev–Trinajstić information content (AvgIpc) is 3.20. The fraction of sp³-hybridized carbons (Fsp3) is 0.217. The van der Waals surface area contributed by atoms with Crippen molar-refractivity contribution in [3.05, 3.63) is 76.0 Å². The minimum absolute atomic E-state index is 0.0298. The van der Waals surface area contributed by atoms with Gasteiger partial charge in [-0.1, -0.05) is 29.3 Å². The molecule has 0 radical (unpaired) electrons. The van der Waals surface area contributed by atoms with Crippen LogP contribution in [0.5, 0.6) is 5.88 Å². The number of nitrogens with one attached hydrogen (secondary N) is 2. The molecule has 1 aromatic carbocycles. The van der Waals surface area contributed by atoms with Crippen LogP contribution in [0.3, 0.4) is 0 Å². The largest absolute Gasteiger partial charge is 0.472 e. The summed E-state index contributed by atoms with van der Waals surface area (Å²) in [6.45, 7) is 5.62. The highest BCUT2D eigenvalue weighted by Crippen LogP contribution is 2.29. The molecule has 0 aliphatic carbocycles. The number of benzene rings is 1. The molecule has 2 amide bonds. The zero-order valence-electron chi connectivity index (χ0n) is 18.2.